The Morgan fingerprint density at radius 3 is 2.58 bits per heavy atom. The Bertz CT molecular complexity index is 162. The highest BCUT2D eigenvalue weighted by molar-refractivity contribution is 5.47. The van der Waals surface area contributed by atoms with E-state index in [1.165, 1.54) is 0 Å². The molecule has 1 fully saturated rings. The second-order valence-corrected chi connectivity index (χ2v) is 4.24. The molecule has 1 heterocycles. The quantitative estimate of drug-likeness (QED) is 0.581. The van der Waals surface area contributed by atoms with Crippen LogP contribution in [0.5, 0.6) is 0 Å². The number of amides is 1. The molecular weight excluding hydrogens is 154 g/mol. The van der Waals surface area contributed by atoms with Crippen LogP contribution in [0.4, 0.5) is 0 Å². The van der Waals surface area contributed by atoms with E-state index in [4.69, 9.17) is 4.74 Å². The first-order valence-corrected chi connectivity index (χ1v) is 4.38. The molecule has 1 saturated heterocycles. The molecule has 3 nitrogen and oxygen atoms in total. The third-order valence-electron chi connectivity index (χ3n) is 1.85. The van der Waals surface area contributed by atoms with Gasteiger partial charge in [0, 0.05) is 13.1 Å². The fourth-order valence-corrected chi connectivity index (χ4v) is 1.45. The van der Waals surface area contributed by atoms with E-state index in [-0.39, 0.29) is 11.7 Å². The number of rotatable bonds is 2. The summed E-state index contributed by atoms with van der Waals surface area (Å²) in [5.41, 5.74) is -0.0937. The van der Waals surface area contributed by atoms with Crippen LogP contribution in [0, 0.1) is 0 Å². The second kappa shape index (κ2) is 3.44. The Morgan fingerprint density at radius 1 is 1.50 bits per heavy atom. The van der Waals surface area contributed by atoms with Gasteiger partial charge >= 0.3 is 0 Å². The van der Waals surface area contributed by atoms with Crippen molar-refractivity contribution < 1.29 is 9.53 Å². The van der Waals surface area contributed by atoms with Gasteiger partial charge < -0.3 is 9.64 Å². The van der Waals surface area contributed by atoms with Crippen LogP contribution in [0.1, 0.15) is 27.2 Å². The van der Waals surface area contributed by atoms with E-state index < -0.39 is 0 Å². The number of hydrogen-bond acceptors (Lipinski definition) is 2. The van der Waals surface area contributed by atoms with Gasteiger partial charge in [0.05, 0.1) is 11.7 Å². The molecule has 0 N–H and O–H groups in total. The minimum Gasteiger partial charge on any atom is -0.371 e. The van der Waals surface area contributed by atoms with Gasteiger partial charge in [0.15, 0.2) is 0 Å². The molecule has 0 aliphatic carbocycles. The smallest absolute Gasteiger partial charge is 0.209 e. The van der Waals surface area contributed by atoms with Gasteiger partial charge in [-0.2, -0.15) is 0 Å². The molecule has 0 aromatic heterocycles. The fourth-order valence-electron chi connectivity index (χ4n) is 1.45. The van der Waals surface area contributed by atoms with Crippen LogP contribution in [0.25, 0.3) is 0 Å². The average molecular weight is 171 g/mol. The highest BCUT2D eigenvalue weighted by Crippen LogP contribution is 2.18. The molecule has 3 heteroatoms. The van der Waals surface area contributed by atoms with Gasteiger partial charge in [-0.05, 0) is 27.2 Å². The average Bonchev–Trinajstić information content (AvgIpc) is 2.32. The van der Waals surface area contributed by atoms with E-state index in [1.807, 2.05) is 20.8 Å². The Hall–Kier alpha value is -0.570. The lowest BCUT2D eigenvalue weighted by molar-refractivity contribution is -0.118. The molecule has 70 valence electrons. The molecule has 1 unspecified atom stereocenters. The maximum absolute atomic E-state index is 10.4. The molecule has 0 radical (unpaired) electrons. The van der Waals surface area contributed by atoms with Crippen LogP contribution in [0.3, 0.4) is 0 Å². The number of ether oxygens (including phenoxy) is 1. The maximum atomic E-state index is 10.4. The van der Waals surface area contributed by atoms with Crippen LogP contribution < -0.4 is 0 Å². The van der Waals surface area contributed by atoms with Crippen LogP contribution in [-0.4, -0.2) is 36.1 Å². The first-order valence-electron chi connectivity index (χ1n) is 4.38. The van der Waals surface area contributed by atoms with Crippen molar-refractivity contribution in [2.45, 2.75) is 38.9 Å². The van der Waals surface area contributed by atoms with Gasteiger partial charge in [-0.3, -0.25) is 4.79 Å². The van der Waals surface area contributed by atoms with Crippen molar-refractivity contribution in [2.75, 3.05) is 13.1 Å². The van der Waals surface area contributed by atoms with Gasteiger partial charge in [0.1, 0.15) is 0 Å². The molecule has 12 heavy (non-hydrogen) atoms. The van der Waals surface area contributed by atoms with Crippen LogP contribution in [0.15, 0.2) is 0 Å². The van der Waals surface area contributed by atoms with Gasteiger partial charge in [-0.15, -0.1) is 0 Å². The Balaban J connectivity index is 2.33. The number of carbonyl (C=O) groups excluding carboxylic acids is 1. The SMILES string of the molecule is CC(C)(C)OC1CCN(C=O)C1. The summed E-state index contributed by atoms with van der Waals surface area (Å²) in [5, 5.41) is 0. The van der Waals surface area contributed by atoms with Crippen molar-refractivity contribution in [3.8, 4) is 0 Å². The summed E-state index contributed by atoms with van der Waals surface area (Å²) in [6.07, 6.45) is 2.09. The molecule has 1 aliphatic heterocycles. The lowest BCUT2D eigenvalue weighted by atomic mass is 10.2. The minimum absolute atomic E-state index is 0.0937. The number of hydrogen-bond donors (Lipinski definition) is 0. The number of likely N-dealkylation sites (tertiary alicyclic amines) is 1. The minimum atomic E-state index is -0.0937. The second-order valence-electron chi connectivity index (χ2n) is 4.24. The third-order valence-corrected chi connectivity index (χ3v) is 1.85. The van der Waals surface area contributed by atoms with Gasteiger partial charge in [-0.1, -0.05) is 0 Å². The van der Waals surface area contributed by atoms with E-state index >= 15 is 0 Å². The third kappa shape index (κ3) is 2.81. The van der Waals surface area contributed by atoms with E-state index in [9.17, 15) is 4.79 Å². The lowest BCUT2D eigenvalue weighted by Crippen LogP contribution is -2.29. The summed E-state index contributed by atoms with van der Waals surface area (Å²) in [6, 6.07) is 0. The van der Waals surface area contributed by atoms with Gasteiger partial charge in [0.2, 0.25) is 6.41 Å². The molecule has 0 aromatic rings. The summed E-state index contributed by atoms with van der Waals surface area (Å²) in [4.78, 5) is 12.1. The van der Waals surface area contributed by atoms with Crippen molar-refractivity contribution in [2.24, 2.45) is 0 Å². The molecule has 0 aromatic carbocycles. The van der Waals surface area contributed by atoms with E-state index in [1.54, 1.807) is 4.90 Å². The van der Waals surface area contributed by atoms with Crippen molar-refractivity contribution in [3.05, 3.63) is 0 Å². The van der Waals surface area contributed by atoms with Gasteiger partial charge in [0.25, 0.3) is 0 Å². The Labute approximate surface area is 73.7 Å². The molecule has 0 saturated carbocycles. The fraction of sp³-hybridized carbons (Fsp3) is 0.889. The number of carbonyl (C=O) groups is 1. The van der Waals surface area contributed by atoms with Crippen molar-refractivity contribution >= 4 is 6.41 Å². The highest BCUT2D eigenvalue weighted by atomic mass is 16.5. The molecule has 1 rings (SSSR count). The summed E-state index contributed by atoms with van der Waals surface area (Å²) in [7, 11) is 0. The molecule has 1 aliphatic rings. The Kier molecular flexibility index (Phi) is 2.73. The topological polar surface area (TPSA) is 29.5 Å². The van der Waals surface area contributed by atoms with Crippen LogP contribution >= 0.6 is 0 Å². The molecule has 0 spiro atoms. The standard InChI is InChI=1S/C9H17NO2/c1-9(2,3)12-8-4-5-10(6-8)7-11/h7-8H,4-6H2,1-3H3. The van der Waals surface area contributed by atoms with Crippen LogP contribution in [0.2, 0.25) is 0 Å². The van der Waals surface area contributed by atoms with Gasteiger partial charge in [-0.25, -0.2) is 0 Å². The first-order chi connectivity index (χ1) is 5.51. The molecule has 1 atom stereocenters. The summed E-state index contributed by atoms with van der Waals surface area (Å²) >= 11 is 0. The molecule has 1 amide bonds. The predicted molar refractivity (Wildman–Crippen MR) is 46.9 cm³/mol. The van der Waals surface area contributed by atoms with E-state index in [0.717, 1.165) is 25.9 Å². The zero-order valence-electron chi connectivity index (χ0n) is 8.04. The highest BCUT2D eigenvalue weighted by Gasteiger charge is 2.25. The summed E-state index contributed by atoms with van der Waals surface area (Å²) < 4.78 is 5.73. The normalized spacial score (nSPS) is 24.6. The number of nitrogens with zero attached hydrogens (tertiary/aromatic N) is 1. The first kappa shape index (κ1) is 9.52. The summed E-state index contributed by atoms with van der Waals surface area (Å²) in [5.74, 6) is 0. The van der Waals surface area contributed by atoms with E-state index in [2.05, 4.69) is 0 Å². The van der Waals surface area contributed by atoms with Crippen LogP contribution in [-0.2, 0) is 9.53 Å². The summed E-state index contributed by atoms with van der Waals surface area (Å²) in [6.45, 7) is 7.70. The largest absolute Gasteiger partial charge is 0.371 e. The van der Waals surface area contributed by atoms with E-state index in [0.29, 0.717) is 0 Å². The predicted octanol–water partition coefficient (Wildman–Crippen LogP) is 1.03. The van der Waals surface area contributed by atoms with Crippen molar-refractivity contribution in [1.29, 1.82) is 0 Å². The van der Waals surface area contributed by atoms with Crippen molar-refractivity contribution in [3.63, 3.8) is 0 Å². The maximum Gasteiger partial charge on any atom is 0.209 e. The zero-order valence-corrected chi connectivity index (χ0v) is 8.04. The molecule has 0 bridgehead atoms. The lowest BCUT2D eigenvalue weighted by Gasteiger charge is -2.24. The Morgan fingerprint density at radius 2 is 2.17 bits per heavy atom. The van der Waals surface area contributed by atoms with Crippen molar-refractivity contribution in [1.82, 2.24) is 4.90 Å². The molecular formula is C9H17NO2. The monoisotopic (exact) mass is 171 g/mol. The zero-order chi connectivity index (χ0) is 9.19.